The summed E-state index contributed by atoms with van der Waals surface area (Å²) >= 11 is 0. The number of para-hydroxylation sites is 1. The molecule has 1 aromatic heterocycles. The summed E-state index contributed by atoms with van der Waals surface area (Å²) in [6, 6.07) is 21.5. The van der Waals surface area contributed by atoms with Gasteiger partial charge in [-0.3, -0.25) is 0 Å². The molecule has 0 aliphatic carbocycles. The molecule has 5 nitrogen and oxygen atoms in total. The van der Waals surface area contributed by atoms with Crippen LogP contribution in [0.1, 0.15) is 5.69 Å². The van der Waals surface area contributed by atoms with E-state index in [0.717, 1.165) is 22.6 Å². The van der Waals surface area contributed by atoms with Crippen molar-refractivity contribution in [3.8, 4) is 16.9 Å². The van der Waals surface area contributed by atoms with Crippen molar-refractivity contribution in [1.82, 2.24) is 4.98 Å². The van der Waals surface area contributed by atoms with E-state index in [2.05, 4.69) is 15.0 Å². The molecule has 0 fully saturated rings. The van der Waals surface area contributed by atoms with E-state index in [1.807, 2.05) is 78.2 Å². The summed E-state index contributed by atoms with van der Waals surface area (Å²) in [6.07, 6.45) is 0. The van der Waals surface area contributed by atoms with E-state index >= 15 is 0 Å². The van der Waals surface area contributed by atoms with Gasteiger partial charge >= 0.3 is 11.1 Å². The average Bonchev–Trinajstić information content (AvgIpc) is 2.56. The molecule has 3 aromatic rings. The van der Waals surface area contributed by atoms with Crippen LogP contribution in [0.15, 0.2) is 71.8 Å². The summed E-state index contributed by atoms with van der Waals surface area (Å²) in [7, 11) is 0. The molecular weight excluding hydrogens is 274 g/mol. The third-order valence-corrected chi connectivity index (χ3v) is 3.34. The molecule has 0 saturated carbocycles. The predicted molar refractivity (Wildman–Crippen MR) is 84.7 cm³/mol. The lowest BCUT2D eigenvalue weighted by Gasteiger charge is -2.05. The van der Waals surface area contributed by atoms with Crippen LogP contribution >= 0.6 is 0 Å². The highest BCUT2D eigenvalue weighted by atomic mass is 15.3. The fourth-order valence-corrected chi connectivity index (χ4v) is 2.37. The second kappa shape index (κ2) is 6.08. The fourth-order valence-electron chi connectivity index (χ4n) is 2.37. The Labute approximate surface area is 128 Å². The average molecular weight is 288 g/mol. The van der Waals surface area contributed by atoms with E-state index in [9.17, 15) is 0 Å². The molecule has 0 amide bonds. The van der Waals surface area contributed by atoms with E-state index in [0.29, 0.717) is 5.95 Å². The second-order valence-electron chi connectivity index (χ2n) is 4.81. The maximum Gasteiger partial charge on any atom is 0.524 e. The third-order valence-electron chi connectivity index (χ3n) is 3.34. The highest BCUT2D eigenvalue weighted by Crippen LogP contribution is 2.20. The fraction of sp³-hybridized carbons (Fsp3) is 0.0588. The van der Waals surface area contributed by atoms with E-state index in [-0.39, 0.29) is 0 Å². The molecule has 0 unspecified atom stereocenters. The van der Waals surface area contributed by atoms with Crippen LogP contribution in [-0.2, 0) is 0 Å². The first-order valence-electron chi connectivity index (χ1n) is 6.89. The largest absolute Gasteiger partial charge is 0.524 e. The van der Waals surface area contributed by atoms with Gasteiger partial charge in [0.25, 0.3) is 0 Å². The highest BCUT2D eigenvalue weighted by Gasteiger charge is 2.23. The second-order valence-corrected chi connectivity index (χ2v) is 4.81. The first-order chi connectivity index (χ1) is 10.8. The molecule has 3 rings (SSSR count). The van der Waals surface area contributed by atoms with Crippen molar-refractivity contribution in [3.05, 3.63) is 82.9 Å². The molecule has 106 valence electrons. The van der Waals surface area contributed by atoms with Gasteiger partial charge in [-0.1, -0.05) is 53.5 Å². The number of nitrogens with zero attached hydrogens (tertiary/aromatic N) is 5. The van der Waals surface area contributed by atoms with Crippen molar-refractivity contribution >= 4 is 5.95 Å². The summed E-state index contributed by atoms with van der Waals surface area (Å²) in [5.74, 6) is 0.326. The van der Waals surface area contributed by atoms with Crippen LogP contribution in [0, 0.1) is 6.92 Å². The molecule has 1 heterocycles. The number of aromatic nitrogens is 2. The number of azide groups is 1. The molecule has 5 heteroatoms. The molecule has 0 N–H and O–H groups in total. The van der Waals surface area contributed by atoms with Gasteiger partial charge in [-0.25, -0.2) is 0 Å². The Hall–Kier alpha value is -3.17. The van der Waals surface area contributed by atoms with E-state index in [1.165, 1.54) is 0 Å². The number of benzene rings is 2. The lowest BCUT2D eigenvalue weighted by Crippen LogP contribution is -2.35. The maximum absolute atomic E-state index is 8.85. The van der Waals surface area contributed by atoms with E-state index in [4.69, 9.17) is 5.53 Å². The number of rotatable bonds is 3. The van der Waals surface area contributed by atoms with Gasteiger partial charge in [0.15, 0.2) is 5.69 Å². The minimum Gasteiger partial charge on any atom is -0.190 e. The van der Waals surface area contributed by atoms with Gasteiger partial charge in [-0.2, -0.15) is 4.57 Å². The standard InChI is InChI=1S/C17H14N5/c1-13-12-16(14-8-4-2-5-9-14)19-17(20-21-18)22(13)15-10-6-3-7-11-15/h2-12H,1H3/q+1. The van der Waals surface area contributed by atoms with E-state index < -0.39 is 0 Å². The Bertz CT molecular complexity index is 838. The lowest BCUT2D eigenvalue weighted by molar-refractivity contribution is -0.591. The molecule has 0 aliphatic rings. The smallest absolute Gasteiger partial charge is 0.190 e. The zero-order chi connectivity index (χ0) is 15.4. The SMILES string of the molecule is Cc1cc(-c2ccccc2)nc(N=[N+]=[N-])[n+]1-c1ccccc1. The molecular formula is C17H14N5+. The zero-order valence-corrected chi connectivity index (χ0v) is 12.1. The topological polar surface area (TPSA) is 65.5 Å². The van der Waals surface area contributed by atoms with Crippen LogP contribution in [0.5, 0.6) is 0 Å². The Morgan fingerprint density at radius 3 is 2.27 bits per heavy atom. The van der Waals surface area contributed by atoms with Crippen LogP contribution in [0.3, 0.4) is 0 Å². The summed E-state index contributed by atoms with van der Waals surface area (Å²) in [4.78, 5) is 7.42. The van der Waals surface area contributed by atoms with Crippen molar-refractivity contribution in [2.45, 2.75) is 6.92 Å². The summed E-state index contributed by atoms with van der Waals surface area (Å²) in [5, 5.41) is 3.76. The van der Waals surface area contributed by atoms with Crippen molar-refractivity contribution in [2.24, 2.45) is 5.11 Å². The molecule has 22 heavy (non-hydrogen) atoms. The number of hydrogen-bond acceptors (Lipinski definition) is 2. The molecule has 0 bridgehead atoms. The minimum atomic E-state index is 0.326. The third kappa shape index (κ3) is 2.66. The molecule has 0 radical (unpaired) electrons. The van der Waals surface area contributed by atoms with Crippen LogP contribution in [0.4, 0.5) is 5.95 Å². The van der Waals surface area contributed by atoms with Gasteiger partial charge in [-0.15, -0.1) is 0 Å². The number of hydrogen-bond donors (Lipinski definition) is 0. The Kier molecular flexibility index (Phi) is 3.81. The molecule has 0 spiro atoms. The Morgan fingerprint density at radius 1 is 1.00 bits per heavy atom. The van der Waals surface area contributed by atoms with Gasteiger partial charge in [0.05, 0.1) is 5.69 Å². The number of aryl methyl sites for hydroxylation is 1. The first-order valence-corrected chi connectivity index (χ1v) is 6.89. The van der Waals surface area contributed by atoms with Crippen molar-refractivity contribution in [2.75, 3.05) is 0 Å². The van der Waals surface area contributed by atoms with Gasteiger partial charge in [0, 0.05) is 17.2 Å². The summed E-state index contributed by atoms with van der Waals surface area (Å²) in [6.45, 7) is 1.97. The molecule has 0 aliphatic heterocycles. The molecule has 0 saturated heterocycles. The van der Waals surface area contributed by atoms with Crippen LogP contribution in [0.25, 0.3) is 27.4 Å². The van der Waals surface area contributed by atoms with Crippen molar-refractivity contribution in [3.63, 3.8) is 0 Å². The van der Waals surface area contributed by atoms with Crippen LogP contribution < -0.4 is 4.57 Å². The summed E-state index contributed by atoms with van der Waals surface area (Å²) < 4.78 is 1.84. The van der Waals surface area contributed by atoms with E-state index in [1.54, 1.807) is 0 Å². The first kappa shape index (κ1) is 13.8. The normalized spacial score (nSPS) is 10.0. The monoisotopic (exact) mass is 288 g/mol. The van der Waals surface area contributed by atoms with Crippen LogP contribution in [0.2, 0.25) is 0 Å². The summed E-state index contributed by atoms with van der Waals surface area (Å²) in [5.41, 5.74) is 12.5. The van der Waals surface area contributed by atoms with Gasteiger partial charge in [-0.05, 0) is 19.1 Å². The maximum atomic E-state index is 8.85. The van der Waals surface area contributed by atoms with Crippen LogP contribution in [-0.4, -0.2) is 4.98 Å². The van der Waals surface area contributed by atoms with Crippen molar-refractivity contribution < 1.29 is 4.57 Å². The van der Waals surface area contributed by atoms with Gasteiger partial charge in [0.2, 0.25) is 4.91 Å². The Morgan fingerprint density at radius 2 is 1.64 bits per heavy atom. The highest BCUT2D eigenvalue weighted by molar-refractivity contribution is 5.59. The van der Waals surface area contributed by atoms with Crippen molar-refractivity contribution in [1.29, 1.82) is 0 Å². The predicted octanol–water partition coefficient (Wildman–Crippen LogP) is 4.28. The quantitative estimate of drug-likeness (QED) is 0.307. The van der Waals surface area contributed by atoms with Gasteiger partial charge in [0.1, 0.15) is 5.69 Å². The molecule has 2 aromatic carbocycles. The molecule has 0 atom stereocenters. The minimum absolute atomic E-state index is 0.326. The zero-order valence-electron chi connectivity index (χ0n) is 12.1. The van der Waals surface area contributed by atoms with Gasteiger partial charge < -0.3 is 0 Å². The lowest BCUT2D eigenvalue weighted by atomic mass is 10.1. The Balaban J connectivity index is 2.23.